The van der Waals surface area contributed by atoms with E-state index in [1.165, 1.54) is 59.2 Å². The normalized spacial score (nSPS) is 12.1. The first-order valence-corrected chi connectivity index (χ1v) is 18.0. The molecule has 0 fully saturated rings. The van der Waals surface area contributed by atoms with Crippen LogP contribution in [-0.2, 0) is 33.0 Å². The van der Waals surface area contributed by atoms with Crippen molar-refractivity contribution in [3.05, 3.63) is 122 Å². The Morgan fingerprint density at radius 1 is 0.885 bits per heavy atom. The van der Waals surface area contributed by atoms with Crippen LogP contribution in [-0.4, -0.2) is 47.4 Å². The molecule has 0 unspecified atom stereocenters. The number of halogens is 2. The number of nitrogens with zero attached hydrogens (tertiary/aromatic N) is 2. The number of Topliss-reactive ketones (excluding diaryl/α,β-unsaturated/α-hetero) is 1. The summed E-state index contributed by atoms with van der Waals surface area (Å²) in [6.07, 6.45) is 0.113. The van der Waals surface area contributed by atoms with Gasteiger partial charge in [-0.25, -0.2) is 31.4 Å². The molecule has 0 radical (unpaired) electrons. The van der Waals surface area contributed by atoms with Gasteiger partial charge in [0.15, 0.2) is 5.78 Å². The molecule has 12 nitrogen and oxygen atoms in total. The molecule has 0 saturated carbocycles. The van der Waals surface area contributed by atoms with Crippen LogP contribution >= 0.6 is 0 Å². The number of hydrogen-bond acceptors (Lipinski definition) is 8. The van der Waals surface area contributed by atoms with Gasteiger partial charge in [-0.15, -0.1) is 0 Å². The number of aromatic nitrogens is 2. The Hall–Kier alpha value is -5.44. The lowest BCUT2D eigenvalue weighted by Crippen LogP contribution is -2.44. The summed E-state index contributed by atoms with van der Waals surface area (Å²) in [4.78, 5) is 63.9. The number of hydrogen-bond donors (Lipinski definition) is 2. The van der Waals surface area contributed by atoms with E-state index in [9.17, 15) is 32.4 Å². The molecule has 3 aromatic carbocycles. The van der Waals surface area contributed by atoms with Gasteiger partial charge in [-0.1, -0.05) is 45.0 Å². The Morgan fingerprint density at radius 2 is 1.48 bits per heavy atom. The van der Waals surface area contributed by atoms with Crippen molar-refractivity contribution in [2.45, 2.75) is 76.8 Å². The molecule has 276 valence electrons. The number of carbonyl (C=O) groups is 3. The van der Waals surface area contributed by atoms with Crippen molar-refractivity contribution in [2.24, 2.45) is 7.05 Å². The van der Waals surface area contributed by atoms with Crippen LogP contribution in [0.3, 0.4) is 0 Å². The molecule has 1 amide bonds. The molecular weight excluding hydrogens is 698 g/mol. The number of amides is 1. The van der Waals surface area contributed by atoms with Gasteiger partial charge in [-0.3, -0.25) is 19.1 Å². The molecule has 0 spiro atoms. The first-order chi connectivity index (χ1) is 24.4. The summed E-state index contributed by atoms with van der Waals surface area (Å²) >= 11 is 0. The van der Waals surface area contributed by atoms with Gasteiger partial charge in [0.25, 0.3) is 21.5 Å². The van der Waals surface area contributed by atoms with Crippen LogP contribution < -0.4 is 21.3 Å². The molecule has 1 atom stereocenters. The van der Waals surface area contributed by atoms with E-state index in [4.69, 9.17) is 4.74 Å². The number of ketones is 1. The van der Waals surface area contributed by atoms with Crippen LogP contribution in [0.15, 0.2) is 81.2 Å². The van der Waals surface area contributed by atoms with Gasteiger partial charge in [0.05, 0.1) is 22.4 Å². The van der Waals surface area contributed by atoms with Crippen LogP contribution in [0.1, 0.15) is 85.4 Å². The molecule has 0 aliphatic carbocycles. The molecule has 0 saturated heterocycles. The highest BCUT2D eigenvalue weighted by Gasteiger charge is 2.28. The summed E-state index contributed by atoms with van der Waals surface area (Å²) in [5, 5.41) is 2.31. The van der Waals surface area contributed by atoms with Crippen molar-refractivity contribution in [1.82, 2.24) is 14.5 Å². The largest absolute Gasteiger partial charge is 0.461 e. The van der Waals surface area contributed by atoms with E-state index in [0.717, 1.165) is 4.57 Å². The molecule has 1 aromatic heterocycles. The van der Waals surface area contributed by atoms with E-state index in [-0.39, 0.29) is 35.1 Å². The molecule has 1 heterocycles. The number of benzene rings is 3. The van der Waals surface area contributed by atoms with Crippen LogP contribution in [0.2, 0.25) is 0 Å². The number of carbonyl (C=O) groups excluding carboxylic acids is 3. The zero-order chi connectivity index (χ0) is 38.5. The van der Waals surface area contributed by atoms with Crippen LogP contribution in [0.4, 0.5) is 14.5 Å². The van der Waals surface area contributed by atoms with Crippen LogP contribution in [0, 0.1) is 11.6 Å². The Labute approximate surface area is 299 Å². The third-order valence-electron chi connectivity index (χ3n) is 8.01. The second-order valence-corrected chi connectivity index (χ2v) is 14.4. The van der Waals surface area contributed by atoms with E-state index < -0.39 is 68.2 Å². The number of ether oxygens (including phenoxy) is 1. The fourth-order valence-corrected chi connectivity index (χ4v) is 6.48. The Balaban J connectivity index is 1.55. The lowest BCUT2D eigenvalue weighted by molar-refractivity contribution is -0.149. The predicted octanol–water partition coefficient (Wildman–Crippen LogP) is 5.01. The maximum Gasteiger partial charge on any atom is 0.335 e. The fourth-order valence-electron chi connectivity index (χ4n) is 5.44. The smallest absolute Gasteiger partial charge is 0.335 e. The molecule has 0 aliphatic rings. The maximum atomic E-state index is 15.3. The van der Waals surface area contributed by atoms with Crippen molar-refractivity contribution in [2.75, 3.05) is 4.72 Å². The highest BCUT2D eigenvalue weighted by atomic mass is 32.2. The third-order valence-corrected chi connectivity index (χ3v) is 9.41. The van der Waals surface area contributed by atoms with Crippen molar-refractivity contribution < 1.29 is 36.3 Å². The van der Waals surface area contributed by atoms with Gasteiger partial charge in [0.2, 0.25) is 0 Å². The highest BCUT2D eigenvalue weighted by molar-refractivity contribution is 7.92. The molecule has 52 heavy (non-hydrogen) atoms. The SMILES string of the molecule is CCCC(=O)c1ccc(S(=O)(=O)Nc2cc(F)c(C(=O)N[C@@H](Cc3ccc(-n4c(=O)cc(C(C)C)n(C)c4=O)cc3)C(=O)OC(C)C)c(F)c2)cc1. The molecule has 4 aromatic rings. The summed E-state index contributed by atoms with van der Waals surface area (Å²) < 4.78 is 66.1. The minimum Gasteiger partial charge on any atom is -0.461 e. The molecule has 15 heteroatoms. The number of nitrogens with one attached hydrogen (secondary N) is 2. The Kier molecular flexibility index (Phi) is 12.3. The van der Waals surface area contributed by atoms with E-state index >= 15 is 8.78 Å². The third kappa shape index (κ3) is 9.07. The highest BCUT2D eigenvalue weighted by Crippen LogP contribution is 2.23. The van der Waals surface area contributed by atoms with E-state index in [2.05, 4.69) is 10.0 Å². The molecule has 4 rings (SSSR count). The quantitative estimate of drug-likeness (QED) is 0.135. The van der Waals surface area contributed by atoms with Gasteiger partial charge in [-0.05, 0) is 68.1 Å². The number of sulfonamides is 1. The van der Waals surface area contributed by atoms with Gasteiger partial charge >= 0.3 is 11.7 Å². The Bertz CT molecular complexity index is 2190. The van der Waals surface area contributed by atoms with Crippen LogP contribution in [0.5, 0.6) is 0 Å². The van der Waals surface area contributed by atoms with Gasteiger partial charge in [-0.2, -0.15) is 0 Å². The average Bonchev–Trinajstić information content (AvgIpc) is 3.06. The Morgan fingerprint density at radius 3 is 2.02 bits per heavy atom. The molecular formula is C37H40F2N4O8S. The minimum absolute atomic E-state index is 0.0637. The lowest BCUT2D eigenvalue weighted by Gasteiger charge is -2.20. The zero-order valence-electron chi connectivity index (χ0n) is 29.5. The monoisotopic (exact) mass is 738 g/mol. The lowest BCUT2D eigenvalue weighted by atomic mass is 10.0. The number of rotatable bonds is 14. The summed E-state index contributed by atoms with van der Waals surface area (Å²) in [6, 6.07) is 12.3. The van der Waals surface area contributed by atoms with E-state index in [0.29, 0.717) is 35.4 Å². The van der Waals surface area contributed by atoms with E-state index in [1.807, 2.05) is 20.8 Å². The first-order valence-electron chi connectivity index (χ1n) is 16.5. The average molecular weight is 739 g/mol. The molecule has 0 aliphatic heterocycles. The second-order valence-electron chi connectivity index (χ2n) is 12.7. The van der Waals surface area contributed by atoms with E-state index in [1.54, 1.807) is 20.9 Å². The fraction of sp³-hybridized carbons (Fsp3) is 0.324. The molecule has 2 N–H and O–H groups in total. The van der Waals surface area contributed by atoms with Gasteiger partial charge in [0.1, 0.15) is 23.2 Å². The topological polar surface area (TPSA) is 163 Å². The summed E-state index contributed by atoms with van der Waals surface area (Å²) in [7, 11) is -2.78. The van der Waals surface area contributed by atoms with Crippen molar-refractivity contribution in [1.29, 1.82) is 0 Å². The van der Waals surface area contributed by atoms with Gasteiger partial charge in [0, 0.05) is 37.2 Å². The van der Waals surface area contributed by atoms with Gasteiger partial charge < -0.3 is 14.6 Å². The zero-order valence-corrected chi connectivity index (χ0v) is 30.3. The van der Waals surface area contributed by atoms with Crippen molar-refractivity contribution in [3.63, 3.8) is 0 Å². The predicted molar refractivity (Wildman–Crippen MR) is 190 cm³/mol. The summed E-state index contributed by atoms with van der Waals surface area (Å²) in [5.74, 6) is -5.25. The first kappa shape index (κ1) is 39.3. The second kappa shape index (κ2) is 16.3. The molecule has 0 bridgehead atoms. The number of esters is 1. The van der Waals surface area contributed by atoms with Crippen molar-refractivity contribution in [3.8, 4) is 5.69 Å². The standard InChI is InChI=1S/C37H40F2N4O8S/c1-7-8-32(44)24-11-15-27(16-12-24)52(49,50)41-25-18-28(38)34(29(39)19-25)35(46)40-30(36(47)51-22(4)5)17-23-9-13-26(14-10-23)43-33(45)20-31(21(2)3)42(6)37(43)48/h9-16,18-22,30,41H,7-8,17H2,1-6H3,(H,40,46)/t30-/m0/s1. The summed E-state index contributed by atoms with van der Waals surface area (Å²) in [6.45, 7) is 8.70. The maximum absolute atomic E-state index is 15.3. The number of anilines is 1. The summed E-state index contributed by atoms with van der Waals surface area (Å²) in [5.41, 5.74) is -1.07. The van der Waals surface area contributed by atoms with Crippen LogP contribution in [0.25, 0.3) is 5.69 Å². The van der Waals surface area contributed by atoms with Crippen molar-refractivity contribution >= 4 is 33.4 Å². The minimum atomic E-state index is -4.34.